The lowest BCUT2D eigenvalue weighted by Gasteiger charge is -2.20. The summed E-state index contributed by atoms with van der Waals surface area (Å²) in [5.74, 6) is -1.73. The second kappa shape index (κ2) is 8.21. The van der Waals surface area contributed by atoms with Crippen molar-refractivity contribution in [2.45, 2.75) is 31.2 Å². The third kappa shape index (κ3) is 5.26. The van der Waals surface area contributed by atoms with E-state index in [0.717, 1.165) is 29.5 Å². The van der Waals surface area contributed by atoms with E-state index in [2.05, 4.69) is 15.0 Å². The summed E-state index contributed by atoms with van der Waals surface area (Å²) in [6.07, 6.45) is 0. The van der Waals surface area contributed by atoms with Crippen LogP contribution in [0.4, 0.5) is 13.9 Å². The Morgan fingerprint density at radius 3 is 2.37 bits per heavy atom. The standard InChI is InChI=1S/C20H19F2N3O3S2/c1-20(2,3)25-30(27,28)14-7-4-12(5-8-14)18(26)24-19-23-17(11-29-19)15-10-13(21)6-9-16(15)22/h4-11,25H,1-3H3,(H,23,24,26). The molecule has 0 aliphatic carbocycles. The summed E-state index contributed by atoms with van der Waals surface area (Å²) in [7, 11) is -3.71. The van der Waals surface area contributed by atoms with Crippen LogP contribution in [0.2, 0.25) is 0 Å². The van der Waals surface area contributed by atoms with Gasteiger partial charge in [-0.25, -0.2) is 26.9 Å². The Morgan fingerprint density at radius 1 is 1.07 bits per heavy atom. The number of nitrogens with one attached hydrogen (secondary N) is 2. The monoisotopic (exact) mass is 451 g/mol. The topological polar surface area (TPSA) is 88.2 Å². The summed E-state index contributed by atoms with van der Waals surface area (Å²) in [6, 6.07) is 8.47. The molecule has 0 atom stereocenters. The molecule has 158 valence electrons. The van der Waals surface area contributed by atoms with Crippen LogP contribution in [0.25, 0.3) is 11.3 Å². The maximum Gasteiger partial charge on any atom is 0.257 e. The van der Waals surface area contributed by atoms with Crippen LogP contribution in [0.1, 0.15) is 31.1 Å². The maximum atomic E-state index is 13.9. The SMILES string of the molecule is CC(C)(C)NS(=O)(=O)c1ccc(C(=O)Nc2nc(-c3cc(F)ccc3F)cs2)cc1. The van der Waals surface area contributed by atoms with Gasteiger partial charge in [-0.05, 0) is 63.2 Å². The molecule has 3 rings (SSSR count). The minimum Gasteiger partial charge on any atom is -0.298 e. The molecule has 0 fully saturated rings. The van der Waals surface area contributed by atoms with Gasteiger partial charge in [0.05, 0.1) is 10.6 Å². The number of rotatable bonds is 5. The Hall–Kier alpha value is -2.69. The first kappa shape index (κ1) is 22.0. The zero-order valence-corrected chi connectivity index (χ0v) is 18.0. The Bertz CT molecular complexity index is 1180. The lowest BCUT2D eigenvalue weighted by Crippen LogP contribution is -2.40. The fourth-order valence-electron chi connectivity index (χ4n) is 2.57. The van der Waals surface area contributed by atoms with Crippen molar-refractivity contribution in [3.63, 3.8) is 0 Å². The predicted octanol–water partition coefficient (Wildman–Crippen LogP) is 4.42. The number of anilines is 1. The van der Waals surface area contributed by atoms with E-state index in [9.17, 15) is 22.0 Å². The predicted molar refractivity (Wildman–Crippen MR) is 112 cm³/mol. The highest BCUT2D eigenvalue weighted by Crippen LogP contribution is 2.28. The summed E-state index contributed by atoms with van der Waals surface area (Å²) in [4.78, 5) is 16.6. The molecule has 30 heavy (non-hydrogen) atoms. The molecule has 0 saturated heterocycles. The van der Waals surface area contributed by atoms with Gasteiger partial charge in [-0.2, -0.15) is 0 Å². The van der Waals surface area contributed by atoms with Gasteiger partial charge < -0.3 is 0 Å². The molecule has 0 unspecified atom stereocenters. The molecule has 1 amide bonds. The van der Waals surface area contributed by atoms with Crippen molar-refractivity contribution in [2.75, 3.05) is 5.32 Å². The van der Waals surface area contributed by atoms with Crippen molar-refractivity contribution in [3.05, 3.63) is 65.0 Å². The smallest absolute Gasteiger partial charge is 0.257 e. The van der Waals surface area contributed by atoms with E-state index in [1.54, 1.807) is 20.8 Å². The summed E-state index contributed by atoms with van der Waals surface area (Å²) in [6.45, 7) is 5.18. The molecule has 1 heterocycles. The first-order chi connectivity index (χ1) is 13.9. The van der Waals surface area contributed by atoms with Crippen molar-refractivity contribution in [1.29, 1.82) is 0 Å². The molecule has 0 aliphatic heterocycles. The minimum absolute atomic E-state index is 0.00680. The highest BCUT2D eigenvalue weighted by molar-refractivity contribution is 7.89. The van der Waals surface area contributed by atoms with Gasteiger partial charge in [0.25, 0.3) is 5.91 Å². The third-order valence-corrected chi connectivity index (χ3v) is 6.33. The van der Waals surface area contributed by atoms with Crippen LogP contribution in [0, 0.1) is 11.6 Å². The Balaban J connectivity index is 1.74. The van der Waals surface area contributed by atoms with Gasteiger partial charge in [0.15, 0.2) is 5.13 Å². The molecular formula is C20H19F2N3O3S2. The molecule has 0 aliphatic rings. The van der Waals surface area contributed by atoms with Crippen molar-refractivity contribution < 1.29 is 22.0 Å². The van der Waals surface area contributed by atoms with Crippen molar-refractivity contribution in [1.82, 2.24) is 9.71 Å². The van der Waals surface area contributed by atoms with E-state index in [4.69, 9.17) is 0 Å². The molecule has 0 saturated carbocycles. The summed E-state index contributed by atoms with van der Waals surface area (Å²) in [5.41, 5.74) is -0.230. The minimum atomic E-state index is -3.71. The van der Waals surface area contributed by atoms with Gasteiger partial charge >= 0.3 is 0 Å². The van der Waals surface area contributed by atoms with E-state index >= 15 is 0 Å². The zero-order valence-electron chi connectivity index (χ0n) is 16.4. The molecule has 6 nitrogen and oxygen atoms in total. The second-order valence-electron chi connectivity index (χ2n) is 7.50. The normalized spacial score (nSPS) is 12.0. The van der Waals surface area contributed by atoms with Crippen molar-refractivity contribution in [2.24, 2.45) is 0 Å². The summed E-state index contributed by atoms with van der Waals surface area (Å²) in [5, 5.41) is 4.27. The maximum absolute atomic E-state index is 13.9. The molecule has 10 heteroatoms. The van der Waals surface area contributed by atoms with E-state index in [1.165, 1.54) is 29.6 Å². The summed E-state index contributed by atoms with van der Waals surface area (Å²) < 4.78 is 54.5. The molecule has 2 N–H and O–H groups in total. The fraction of sp³-hybridized carbons (Fsp3) is 0.200. The Kier molecular flexibility index (Phi) is 6.02. The number of hydrogen-bond acceptors (Lipinski definition) is 5. The molecule has 0 radical (unpaired) electrons. The first-order valence-corrected chi connectivity index (χ1v) is 11.2. The molecule has 0 spiro atoms. The first-order valence-electron chi connectivity index (χ1n) is 8.81. The van der Waals surface area contributed by atoms with Crippen LogP contribution < -0.4 is 10.0 Å². The lowest BCUT2D eigenvalue weighted by molar-refractivity contribution is 0.102. The number of carbonyl (C=O) groups is 1. The van der Waals surface area contributed by atoms with Crippen LogP contribution in [0.15, 0.2) is 52.7 Å². The van der Waals surface area contributed by atoms with Gasteiger partial charge in [-0.1, -0.05) is 0 Å². The largest absolute Gasteiger partial charge is 0.298 e. The highest BCUT2D eigenvalue weighted by atomic mass is 32.2. The number of halogens is 2. The van der Waals surface area contributed by atoms with Gasteiger partial charge in [0, 0.05) is 22.0 Å². The van der Waals surface area contributed by atoms with E-state index in [-0.39, 0.29) is 26.8 Å². The van der Waals surface area contributed by atoms with Crippen LogP contribution in [0.3, 0.4) is 0 Å². The number of carbonyl (C=O) groups excluding carboxylic acids is 1. The average molecular weight is 452 g/mol. The van der Waals surface area contributed by atoms with E-state index in [0.29, 0.717) is 0 Å². The number of sulfonamides is 1. The molecule has 1 aromatic heterocycles. The van der Waals surface area contributed by atoms with Gasteiger partial charge in [0.2, 0.25) is 10.0 Å². The van der Waals surface area contributed by atoms with Crippen molar-refractivity contribution >= 4 is 32.4 Å². The number of thiazole rings is 1. The van der Waals surface area contributed by atoms with Crippen LogP contribution in [-0.4, -0.2) is 24.8 Å². The third-order valence-electron chi connectivity index (χ3n) is 3.80. The number of aromatic nitrogens is 1. The average Bonchev–Trinajstić information content (AvgIpc) is 3.10. The highest BCUT2D eigenvalue weighted by Gasteiger charge is 2.22. The van der Waals surface area contributed by atoms with Crippen LogP contribution >= 0.6 is 11.3 Å². The Morgan fingerprint density at radius 2 is 1.73 bits per heavy atom. The quantitative estimate of drug-likeness (QED) is 0.601. The van der Waals surface area contributed by atoms with E-state index in [1.807, 2.05) is 0 Å². The molecular weight excluding hydrogens is 432 g/mol. The number of benzene rings is 2. The van der Waals surface area contributed by atoms with Gasteiger partial charge in [-0.3, -0.25) is 10.1 Å². The van der Waals surface area contributed by atoms with E-state index < -0.39 is 33.1 Å². The Labute approximate surface area is 177 Å². The van der Waals surface area contributed by atoms with Gasteiger partial charge in [-0.15, -0.1) is 11.3 Å². The van der Waals surface area contributed by atoms with Crippen LogP contribution in [-0.2, 0) is 10.0 Å². The van der Waals surface area contributed by atoms with Crippen molar-refractivity contribution in [3.8, 4) is 11.3 Å². The number of nitrogens with zero attached hydrogens (tertiary/aromatic N) is 1. The number of amides is 1. The van der Waals surface area contributed by atoms with Crippen LogP contribution in [0.5, 0.6) is 0 Å². The molecule has 0 bridgehead atoms. The molecule has 3 aromatic rings. The number of hydrogen-bond donors (Lipinski definition) is 2. The fourth-order valence-corrected chi connectivity index (χ4v) is 4.69. The molecule has 2 aromatic carbocycles. The van der Waals surface area contributed by atoms with Gasteiger partial charge in [0.1, 0.15) is 11.6 Å². The lowest BCUT2D eigenvalue weighted by atomic mass is 10.1. The summed E-state index contributed by atoms with van der Waals surface area (Å²) >= 11 is 1.06. The zero-order chi connectivity index (χ0) is 22.1. The second-order valence-corrected chi connectivity index (χ2v) is 10.0.